The summed E-state index contributed by atoms with van der Waals surface area (Å²) in [4.78, 5) is 24.4. The van der Waals surface area contributed by atoms with Gasteiger partial charge in [0.25, 0.3) is 0 Å². The minimum absolute atomic E-state index is 0.00385. The molecule has 3 nitrogen and oxygen atoms in total. The third-order valence-corrected chi connectivity index (χ3v) is 4.88. The molecule has 2 aliphatic carbocycles. The second kappa shape index (κ2) is 5.76. The summed E-state index contributed by atoms with van der Waals surface area (Å²) in [7, 11) is 0. The molecule has 22 heavy (non-hydrogen) atoms. The number of rotatable bonds is 4. The second-order valence-corrected chi connectivity index (χ2v) is 7.16. The number of ether oxygens (including phenoxy) is 1. The predicted octanol–water partition coefficient (Wildman–Crippen LogP) is 3.45. The Labute approximate surface area is 132 Å². The van der Waals surface area contributed by atoms with Gasteiger partial charge in [0.05, 0.1) is 12.3 Å². The lowest BCUT2D eigenvalue weighted by atomic mass is 10.1. The maximum absolute atomic E-state index is 12.5. The van der Waals surface area contributed by atoms with Crippen LogP contribution in [-0.2, 0) is 14.3 Å². The average Bonchev–Trinajstić information content (AvgIpc) is 2.83. The predicted molar refractivity (Wildman–Crippen MR) is 85.8 cm³/mol. The summed E-state index contributed by atoms with van der Waals surface area (Å²) < 4.78 is 5.63. The minimum Gasteiger partial charge on any atom is -0.457 e. The molecule has 0 saturated heterocycles. The van der Waals surface area contributed by atoms with E-state index in [1.807, 2.05) is 20.8 Å². The van der Waals surface area contributed by atoms with E-state index in [9.17, 15) is 9.59 Å². The molecule has 0 amide bonds. The van der Waals surface area contributed by atoms with E-state index >= 15 is 0 Å². The third kappa shape index (κ3) is 2.88. The van der Waals surface area contributed by atoms with Gasteiger partial charge in [0.1, 0.15) is 6.10 Å². The van der Waals surface area contributed by atoms with E-state index in [1.54, 1.807) is 0 Å². The van der Waals surface area contributed by atoms with Gasteiger partial charge in [0.2, 0.25) is 0 Å². The molecule has 3 heteroatoms. The van der Waals surface area contributed by atoms with E-state index in [-0.39, 0.29) is 35.4 Å². The highest BCUT2D eigenvalue weighted by Crippen LogP contribution is 2.60. The van der Waals surface area contributed by atoms with E-state index in [4.69, 9.17) is 11.2 Å². The van der Waals surface area contributed by atoms with E-state index in [0.717, 1.165) is 5.57 Å². The van der Waals surface area contributed by atoms with Crippen LogP contribution >= 0.6 is 0 Å². The summed E-state index contributed by atoms with van der Waals surface area (Å²) in [6.45, 7) is 10.1. The Morgan fingerprint density at radius 3 is 2.64 bits per heavy atom. The summed E-state index contributed by atoms with van der Waals surface area (Å²) in [6.07, 6.45) is 7.53. The normalized spacial score (nSPS) is 29.1. The fourth-order valence-electron chi connectivity index (χ4n) is 3.34. The lowest BCUT2D eigenvalue weighted by Gasteiger charge is -2.13. The summed E-state index contributed by atoms with van der Waals surface area (Å²) in [6, 6.07) is 0. The molecule has 1 fully saturated rings. The molecule has 2 rings (SSSR count). The van der Waals surface area contributed by atoms with Gasteiger partial charge in [-0.2, -0.15) is 0 Å². The van der Waals surface area contributed by atoms with Crippen molar-refractivity contribution in [2.45, 2.75) is 53.6 Å². The molecule has 0 spiro atoms. The minimum atomic E-state index is -0.438. The summed E-state index contributed by atoms with van der Waals surface area (Å²) in [5.74, 6) is 2.39. The third-order valence-electron chi connectivity index (χ3n) is 4.88. The first-order valence-corrected chi connectivity index (χ1v) is 7.72. The summed E-state index contributed by atoms with van der Waals surface area (Å²) in [5.41, 5.74) is 2.58. The Bertz CT molecular complexity index is 609. The SMILES string of the molecule is C#CCC1=C(C)[C@H](OC(=O)[C@@H]2[C@@H](C=C(C)C)C2(C)C)CC1=O. The van der Waals surface area contributed by atoms with Crippen molar-refractivity contribution in [3.63, 3.8) is 0 Å². The van der Waals surface area contributed by atoms with Crippen molar-refractivity contribution in [1.82, 2.24) is 0 Å². The Morgan fingerprint density at radius 1 is 1.45 bits per heavy atom. The van der Waals surface area contributed by atoms with Crippen LogP contribution in [0.2, 0.25) is 0 Å². The fraction of sp³-hybridized carbons (Fsp3) is 0.579. The first-order chi connectivity index (χ1) is 10.2. The molecule has 0 aromatic carbocycles. The van der Waals surface area contributed by atoms with Gasteiger partial charge >= 0.3 is 5.97 Å². The number of terminal acetylenes is 1. The maximum atomic E-state index is 12.5. The van der Waals surface area contributed by atoms with Crippen LogP contribution in [0.1, 0.15) is 47.5 Å². The maximum Gasteiger partial charge on any atom is 0.310 e. The number of esters is 1. The molecule has 0 heterocycles. The summed E-state index contributed by atoms with van der Waals surface area (Å²) >= 11 is 0. The van der Waals surface area contributed by atoms with Gasteiger partial charge in [-0.25, -0.2) is 0 Å². The zero-order valence-corrected chi connectivity index (χ0v) is 14.0. The number of Topliss-reactive ketones (excluding diaryl/α,β-unsaturated/α-hetero) is 1. The zero-order valence-electron chi connectivity index (χ0n) is 14.0. The highest BCUT2D eigenvalue weighted by molar-refractivity contribution is 6.00. The zero-order chi connectivity index (χ0) is 16.7. The topological polar surface area (TPSA) is 43.4 Å². The van der Waals surface area contributed by atoms with Gasteiger partial charge in [-0.3, -0.25) is 9.59 Å². The van der Waals surface area contributed by atoms with Gasteiger partial charge in [-0.15, -0.1) is 12.3 Å². The summed E-state index contributed by atoms with van der Waals surface area (Å²) in [5, 5.41) is 0. The molecule has 1 saturated carbocycles. The number of carbonyl (C=O) groups excluding carboxylic acids is 2. The molecule has 0 unspecified atom stereocenters. The number of allylic oxidation sites excluding steroid dienone is 3. The van der Waals surface area contributed by atoms with Crippen LogP contribution in [0.5, 0.6) is 0 Å². The fourth-order valence-corrected chi connectivity index (χ4v) is 3.34. The highest BCUT2D eigenvalue weighted by Gasteiger charge is 2.61. The molecule has 118 valence electrons. The van der Waals surface area contributed by atoms with Gasteiger partial charge in [-0.1, -0.05) is 25.5 Å². The number of hydrogen-bond donors (Lipinski definition) is 0. The molecule has 2 aliphatic rings. The molecule has 0 aliphatic heterocycles. The molecule has 0 radical (unpaired) electrons. The number of ketones is 1. The van der Waals surface area contributed by atoms with E-state index in [0.29, 0.717) is 12.0 Å². The molecule has 0 N–H and O–H groups in total. The smallest absolute Gasteiger partial charge is 0.310 e. The molecular formula is C19H24O3. The van der Waals surface area contributed by atoms with Crippen molar-refractivity contribution in [2.24, 2.45) is 17.3 Å². The van der Waals surface area contributed by atoms with Crippen molar-refractivity contribution >= 4 is 11.8 Å². The number of hydrogen-bond acceptors (Lipinski definition) is 3. The largest absolute Gasteiger partial charge is 0.457 e. The Hall–Kier alpha value is -1.82. The highest BCUT2D eigenvalue weighted by atomic mass is 16.5. The Kier molecular flexibility index (Phi) is 4.33. The van der Waals surface area contributed by atoms with Crippen LogP contribution in [-0.4, -0.2) is 17.9 Å². The molecule has 3 atom stereocenters. The van der Waals surface area contributed by atoms with Gasteiger partial charge in [0.15, 0.2) is 5.78 Å². The van der Waals surface area contributed by atoms with Crippen LogP contribution in [0.4, 0.5) is 0 Å². The molecule has 0 bridgehead atoms. The van der Waals surface area contributed by atoms with Crippen molar-refractivity contribution in [2.75, 3.05) is 0 Å². The van der Waals surface area contributed by atoms with Crippen molar-refractivity contribution in [1.29, 1.82) is 0 Å². The van der Waals surface area contributed by atoms with E-state index < -0.39 is 6.10 Å². The number of carbonyl (C=O) groups is 2. The monoisotopic (exact) mass is 300 g/mol. The molecule has 0 aromatic heterocycles. The first-order valence-electron chi connectivity index (χ1n) is 7.72. The Balaban J connectivity index is 2.07. The van der Waals surface area contributed by atoms with E-state index in [1.165, 1.54) is 5.57 Å². The van der Waals surface area contributed by atoms with Gasteiger partial charge < -0.3 is 4.74 Å². The molecule has 0 aromatic rings. The average molecular weight is 300 g/mol. The Morgan fingerprint density at radius 2 is 2.09 bits per heavy atom. The van der Waals surface area contributed by atoms with Gasteiger partial charge in [0, 0.05) is 12.0 Å². The van der Waals surface area contributed by atoms with E-state index in [2.05, 4.69) is 25.8 Å². The first kappa shape index (κ1) is 16.5. The molecular weight excluding hydrogens is 276 g/mol. The van der Waals surface area contributed by atoms with Crippen LogP contribution in [0.25, 0.3) is 0 Å². The lowest BCUT2D eigenvalue weighted by Crippen LogP contribution is -2.20. The second-order valence-electron chi connectivity index (χ2n) is 7.16. The van der Waals surface area contributed by atoms with Crippen LogP contribution in [0, 0.1) is 29.6 Å². The van der Waals surface area contributed by atoms with Crippen molar-refractivity contribution in [3.8, 4) is 12.3 Å². The van der Waals surface area contributed by atoms with Crippen molar-refractivity contribution < 1.29 is 14.3 Å². The van der Waals surface area contributed by atoms with Crippen LogP contribution in [0.15, 0.2) is 22.8 Å². The van der Waals surface area contributed by atoms with Gasteiger partial charge in [-0.05, 0) is 37.7 Å². The van der Waals surface area contributed by atoms with Crippen molar-refractivity contribution in [3.05, 3.63) is 22.8 Å². The lowest BCUT2D eigenvalue weighted by molar-refractivity contribution is -0.150. The van der Waals surface area contributed by atoms with Crippen LogP contribution in [0.3, 0.4) is 0 Å². The quantitative estimate of drug-likeness (QED) is 0.454. The standard InChI is InChI=1S/C19H24O3/c1-7-8-13-12(4)16(10-15(13)20)22-18(21)17-14(9-11(2)3)19(17,5)6/h1,9,14,16-17H,8,10H2,2-6H3/t14-,16-,17+/m1/s1. The van der Waals surface area contributed by atoms with Crippen LogP contribution < -0.4 is 0 Å².